The van der Waals surface area contributed by atoms with Gasteiger partial charge in [0.1, 0.15) is 5.82 Å². The molecule has 0 saturated carbocycles. The van der Waals surface area contributed by atoms with Crippen LogP contribution in [0, 0.1) is 5.82 Å². The summed E-state index contributed by atoms with van der Waals surface area (Å²) in [4.78, 5) is 8.57. The molecule has 0 aliphatic carbocycles. The molecule has 0 radical (unpaired) electrons. The van der Waals surface area contributed by atoms with E-state index < -0.39 is 0 Å². The van der Waals surface area contributed by atoms with Gasteiger partial charge in [0.15, 0.2) is 0 Å². The van der Waals surface area contributed by atoms with Gasteiger partial charge in [-0.25, -0.2) is 14.4 Å². The molecule has 1 heterocycles. The number of allylic oxidation sites excluding steroid dienone is 1. The first-order valence-electron chi connectivity index (χ1n) is 7.23. The molecular formula is C19H16FN3. The second-order valence-electron chi connectivity index (χ2n) is 5.29. The molecule has 0 amide bonds. The molecule has 0 unspecified atom stereocenters. The van der Waals surface area contributed by atoms with Crippen LogP contribution in [0.25, 0.3) is 16.7 Å². The number of benzene rings is 2. The van der Waals surface area contributed by atoms with Gasteiger partial charge in [0.2, 0.25) is 5.95 Å². The molecular weight excluding hydrogens is 289 g/mol. The summed E-state index contributed by atoms with van der Waals surface area (Å²) >= 11 is 0. The number of anilines is 2. The molecule has 114 valence electrons. The third-order valence-electron chi connectivity index (χ3n) is 3.42. The first-order chi connectivity index (χ1) is 11.1. The molecule has 4 heteroatoms. The molecule has 0 aliphatic rings. The lowest BCUT2D eigenvalue weighted by Gasteiger charge is -2.08. The van der Waals surface area contributed by atoms with Crippen LogP contribution in [0.5, 0.6) is 0 Å². The Balaban J connectivity index is 1.80. The summed E-state index contributed by atoms with van der Waals surface area (Å²) in [6.45, 7) is 5.90. The second-order valence-corrected chi connectivity index (χ2v) is 5.29. The van der Waals surface area contributed by atoms with Gasteiger partial charge in [0.05, 0.1) is 0 Å². The van der Waals surface area contributed by atoms with E-state index in [0.29, 0.717) is 5.95 Å². The van der Waals surface area contributed by atoms with Gasteiger partial charge in [-0.2, -0.15) is 0 Å². The Morgan fingerprint density at radius 1 is 1.00 bits per heavy atom. The Morgan fingerprint density at radius 3 is 2.43 bits per heavy atom. The maximum atomic E-state index is 13.3. The van der Waals surface area contributed by atoms with Crippen LogP contribution >= 0.6 is 0 Å². The highest BCUT2D eigenvalue weighted by molar-refractivity contribution is 5.67. The third-order valence-corrected chi connectivity index (χ3v) is 3.42. The standard InChI is InChI=1S/C19H16FN3/c1-13(2)14-5-4-8-18(10-14)23-19-21-11-16(12-22-19)15-6-3-7-17(20)9-15/h3-12H,1H2,2H3,(H,21,22,23). The van der Waals surface area contributed by atoms with Crippen molar-refractivity contribution in [3.05, 3.63) is 78.9 Å². The van der Waals surface area contributed by atoms with E-state index in [-0.39, 0.29) is 5.82 Å². The average molecular weight is 305 g/mol. The van der Waals surface area contributed by atoms with Gasteiger partial charge in [-0.05, 0) is 42.3 Å². The molecule has 0 fully saturated rings. The zero-order valence-electron chi connectivity index (χ0n) is 12.8. The Hall–Kier alpha value is -3.01. The zero-order chi connectivity index (χ0) is 16.2. The van der Waals surface area contributed by atoms with Gasteiger partial charge < -0.3 is 5.32 Å². The van der Waals surface area contributed by atoms with E-state index in [1.54, 1.807) is 18.5 Å². The highest BCUT2D eigenvalue weighted by atomic mass is 19.1. The zero-order valence-corrected chi connectivity index (χ0v) is 12.8. The number of nitrogens with zero attached hydrogens (tertiary/aromatic N) is 2. The summed E-state index contributed by atoms with van der Waals surface area (Å²) < 4.78 is 13.3. The third kappa shape index (κ3) is 3.61. The largest absolute Gasteiger partial charge is 0.324 e. The SMILES string of the molecule is C=C(C)c1cccc(Nc2ncc(-c3cccc(F)c3)cn2)c1. The van der Waals surface area contributed by atoms with Crippen LogP contribution in [0.1, 0.15) is 12.5 Å². The summed E-state index contributed by atoms with van der Waals surface area (Å²) in [5, 5.41) is 3.15. The number of nitrogens with one attached hydrogen (secondary N) is 1. The van der Waals surface area contributed by atoms with E-state index in [4.69, 9.17) is 0 Å². The predicted molar refractivity (Wildman–Crippen MR) is 91.9 cm³/mol. The van der Waals surface area contributed by atoms with Gasteiger partial charge in [-0.15, -0.1) is 0 Å². The fourth-order valence-corrected chi connectivity index (χ4v) is 2.20. The quantitative estimate of drug-likeness (QED) is 0.732. The van der Waals surface area contributed by atoms with Gasteiger partial charge >= 0.3 is 0 Å². The van der Waals surface area contributed by atoms with Crippen LogP contribution in [-0.4, -0.2) is 9.97 Å². The van der Waals surface area contributed by atoms with Crippen LogP contribution in [0.4, 0.5) is 16.0 Å². The van der Waals surface area contributed by atoms with E-state index in [1.807, 2.05) is 37.3 Å². The van der Waals surface area contributed by atoms with Gasteiger partial charge in [-0.3, -0.25) is 0 Å². The second kappa shape index (κ2) is 6.40. The molecule has 1 aromatic heterocycles. The van der Waals surface area contributed by atoms with E-state index in [2.05, 4.69) is 21.9 Å². The predicted octanol–water partition coefficient (Wildman–Crippen LogP) is 5.06. The smallest absolute Gasteiger partial charge is 0.227 e. The van der Waals surface area contributed by atoms with Gasteiger partial charge in [0.25, 0.3) is 0 Å². The van der Waals surface area contributed by atoms with Crippen molar-refractivity contribution < 1.29 is 4.39 Å². The lowest BCUT2D eigenvalue weighted by Crippen LogP contribution is -1.97. The molecule has 2 aromatic carbocycles. The van der Waals surface area contributed by atoms with Crippen LogP contribution < -0.4 is 5.32 Å². The van der Waals surface area contributed by atoms with Crippen molar-refractivity contribution in [2.24, 2.45) is 0 Å². The minimum atomic E-state index is -0.277. The number of aromatic nitrogens is 2. The summed E-state index contributed by atoms with van der Waals surface area (Å²) in [5.41, 5.74) is 4.47. The Kier molecular flexibility index (Phi) is 4.15. The van der Waals surface area contributed by atoms with Crippen molar-refractivity contribution in [3.8, 4) is 11.1 Å². The molecule has 0 atom stereocenters. The first kappa shape index (κ1) is 14.9. The van der Waals surface area contributed by atoms with E-state index >= 15 is 0 Å². The minimum absolute atomic E-state index is 0.277. The average Bonchev–Trinajstić information content (AvgIpc) is 2.56. The monoisotopic (exact) mass is 305 g/mol. The van der Waals surface area contributed by atoms with E-state index in [0.717, 1.165) is 28.0 Å². The Morgan fingerprint density at radius 2 is 1.74 bits per heavy atom. The highest BCUT2D eigenvalue weighted by Crippen LogP contribution is 2.21. The topological polar surface area (TPSA) is 37.8 Å². The fourth-order valence-electron chi connectivity index (χ4n) is 2.20. The van der Waals surface area contributed by atoms with E-state index in [9.17, 15) is 4.39 Å². The van der Waals surface area contributed by atoms with Crippen molar-refractivity contribution in [2.75, 3.05) is 5.32 Å². The number of hydrogen-bond donors (Lipinski definition) is 1. The molecule has 0 aliphatic heterocycles. The first-order valence-corrected chi connectivity index (χ1v) is 7.23. The van der Waals surface area contributed by atoms with Crippen LogP contribution in [-0.2, 0) is 0 Å². The van der Waals surface area contributed by atoms with Crippen molar-refractivity contribution in [2.45, 2.75) is 6.92 Å². The summed E-state index contributed by atoms with van der Waals surface area (Å²) in [6.07, 6.45) is 3.35. The number of hydrogen-bond acceptors (Lipinski definition) is 3. The minimum Gasteiger partial charge on any atom is -0.324 e. The Labute approximate surface area is 134 Å². The molecule has 0 saturated heterocycles. The fraction of sp³-hybridized carbons (Fsp3) is 0.0526. The maximum absolute atomic E-state index is 13.3. The molecule has 23 heavy (non-hydrogen) atoms. The van der Waals surface area contributed by atoms with Crippen molar-refractivity contribution in [3.63, 3.8) is 0 Å². The molecule has 0 spiro atoms. The summed E-state index contributed by atoms with van der Waals surface area (Å²) in [6, 6.07) is 14.2. The summed E-state index contributed by atoms with van der Waals surface area (Å²) in [7, 11) is 0. The molecule has 1 N–H and O–H groups in total. The highest BCUT2D eigenvalue weighted by Gasteiger charge is 2.03. The van der Waals surface area contributed by atoms with Gasteiger partial charge in [0, 0.05) is 23.6 Å². The number of halogens is 1. The lowest BCUT2D eigenvalue weighted by molar-refractivity contribution is 0.628. The van der Waals surface area contributed by atoms with Crippen molar-refractivity contribution >= 4 is 17.2 Å². The molecule has 3 nitrogen and oxygen atoms in total. The molecule has 0 bridgehead atoms. The van der Waals surface area contributed by atoms with Crippen molar-refractivity contribution in [1.82, 2.24) is 9.97 Å². The number of rotatable bonds is 4. The van der Waals surface area contributed by atoms with Crippen molar-refractivity contribution in [1.29, 1.82) is 0 Å². The van der Waals surface area contributed by atoms with Crippen LogP contribution in [0.3, 0.4) is 0 Å². The van der Waals surface area contributed by atoms with Crippen LogP contribution in [0.2, 0.25) is 0 Å². The Bertz CT molecular complexity index is 841. The maximum Gasteiger partial charge on any atom is 0.227 e. The van der Waals surface area contributed by atoms with Crippen LogP contribution in [0.15, 0.2) is 67.5 Å². The normalized spacial score (nSPS) is 10.3. The lowest BCUT2D eigenvalue weighted by atomic mass is 10.1. The van der Waals surface area contributed by atoms with E-state index in [1.165, 1.54) is 12.1 Å². The van der Waals surface area contributed by atoms with Gasteiger partial charge in [-0.1, -0.05) is 36.4 Å². The molecule has 3 rings (SSSR count). The molecule has 3 aromatic rings. The summed E-state index contributed by atoms with van der Waals surface area (Å²) in [5.74, 6) is 0.213.